The van der Waals surface area contributed by atoms with Gasteiger partial charge in [-0.15, -0.1) is 11.3 Å². The molecule has 2 aliphatic carbocycles. The van der Waals surface area contributed by atoms with Gasteiger partial charge in [0.05, 0.1) is 5.69 Å². The number of aryl methyl sites for hydroxylation is 2. The van der Waals surface area contributed by atoms with E-state index in [1.807, 2.05) is 11.3 Å². The molecule has 3 heterocycles. The Morgan fingerprint density at radius 2 is 1.13 bits per heavy atom. The largest absolute Gasteiger partial charge is 0.311 e. The van der Waals surface area contributed by atoms with E-state index < -0.39 is 0 Å². The normalized spacial score (nSPS) is 19.1. The highest BCUT2D eigenvalue weighted by Gasteiger charge is 2.47. The van der Waals surface area contributed by atoms with Gasteiger partial charge in [-0.25, -0.2) is 0 Å². The summed E-state index contributed by atoms with van der Waals surface area (Å²) in [6.07, 6.45) is 4.80. The molecule has 0 bridgehead atoms. The highest BCUT2D eigenvalue weighted by molar-refractivity contribution is 14.1. The fourth-order valence-corrected chi connectivity index (χ4v) is 13.3. The van der Waals surface area contributed by atoms with E-state index in [0.29, 0.717) is 0 Å². The molecule has 320 valence electrons. The lowest BCUT2D eigenvalue weighted by Gasteiger charge is -2.46. The highest BCUT2D eigenvalue weighted by Crippen LogP contribution is 2.54. The zero-order valence-corrected chi connectivity index (χ0v) is 43.1. The number of benzene rings is 5. The summed E-state index contributed by atoms with van der Waals surface area (Å²) >= 11 is 4.64. The Hall–Kier alpha value is -3.55. The standard InChI is InChI=1S/C57H66BIN2S/c1-33-26-46-49-47(27-33)61(44-32-42-40(28-34(44)2)54(8,9)24-25-56(42,12)13)45-30-35(52(3,4)5)16-20-43(45)58(49)51-50(38-29-36(57(14,15)59)17-21-48(38)62-51)60(46)37-18-19-39-41(31-37)55(10,11)23-22-53(39,6)7/h16-21,26-32H,22-25H2,1-15H3. The van der Waals surface area contributed by atoms with Crippen LogP contribution >= 0.6 is 33.9 Å². The lowest BCUT2D eigenvalue weighted by atomic mass is 9.36. The molecule has 62 heavy (non-hydrogen) atoms. The minimum atomic E-state index is -0.000771. The van der Waals surface area contributed by atoms with Gasteiger partial charge in [-0.1, -0.05) is 129 Å². The van der Waals surface area contributed by atoms with Crippen LogP contribution in [0.3, 0.4) is 0 Å². The maximum absolute atomic E-state index is 2.70. The summed E-state index contributed by atoms with van der Waals surface area (Å²) in [7, 11) is 0. The predicted molar refractivity (Wildman–Crippen MR) is 282 cm³/mol. The second kappa shape index (κ2) is 13.5. The van der Waals surface area contributed by atoms with Crippen molar-refractivity contribution in [2.45, 2.75) is 160 Å². The van der Waals surface area contributed by atoms with E-state index in [-0.39, 0.29) is 37.2 Å². The molecule has 0 amide bonds. The molecule has 5 aromatic carbocycles. The quantitative estimate of drug-likeness (QED) is 0.0989. The molecule has 1 aromatic heterocycles. The number of halogens is 1. The van der Waals surface area contributed by atoms with Crippen molar-refractivity contribution in [1.82, 2.24) is 0 Å². The predicted octanol–water partition coefficient (Wildman–Crippen LogP) is 15.3. The van der Waals surface area contributed by atoms with Crippen molar-refractivity contribution in [2.24, 2.45) is 0 Å². The van der Waals surface area contributed by atoms with Crippen molar-refractivity contribution >= 4 is 101 Å². The zero-order chi connectivity index (χ0) is 44.4. The number of fused-ring (bicyclic) bond motifs is 8. The number of thiophene rings is 1. The Kier molecular flexibility index (Phi) is 9.24. The van der Waals surface area contributed by atoms with E-state index in [9.17, 15) is 0 Å². The summed E-state index contributed by atoms with van der Waals surface area (Å²) in [6.45, 7) is 36.2. The van der Waals surface area contributed by atoms with Crippen LogP contribution in [0.5, 0.6) is 0 Å². The van der Waals surface area contributed by atoms with Gasteiger partial charge >= 0.3 is 0 Å². The minimum absolute atomic E-state index is 0.000771. The van der Waals surface area contributed by atoms with Gasteiger partial charge < -0.3 is 9.80 Å². The van der Waals surface area contributed by atoms with Crippen LogP contribution in [0, 0.1) is 13.8 Å². The molecule has 6 aromatic rings. The molecule has 5 heteroatoms. The molecule has 0 N–H and O–H groups in total. The third-order valence-electron chi connectivity index (χ3n) is 15.9. The first-order chi connectivity index (χ1) is 28.8. The number of anilines is 6. The van der Waals surface area contributed by atoms with Crippen molar-refractivity contribution in [1.29, 1.82) is 0 Å². The van der Waals surface area contributed by atoms with Crippen molar-refractivity contribution in [3.05, 3.63) is 123 Å². The van der Waals surface area contributed by atoms with Crippen LogP contribution in [0.1, 0.15) is 160 Å². The first-order valence-electron chi connectivity index (χ1n) is 23.2. The number of hydrogen-bond donors (Lipinski definition) is 0. The Balaban J connectivity index is 1.32. The third-order valence-corrected chi connectivity index (χ3v) is 17.7. The van der Waals surface area contributed by atoms with E-state index in [2.05, 4.69) is 215 Å². The second-order valence-electron chi connectivity index (χ2n) is 23.8. The summed E-state index contributed by atoms with van der Waals surface area (Å²) in [5, 5.41) is 1.36. The van der Waals surface area contributed by atoms with E-state index in [1.54, 1.807) is 0 Å². The van der Waals surface area contributed by atoms with Gasteiger partial charge in [0.2, 0.25) is 0 Å². The molecular weight excluding hydrogens is 882 g/mol. The molecule has 0 radical (unpaired) electrons. The molecule has 10 rings (SSSR count). The van der Waals surface area contributed by atoms with Crippen molar-refractivity contribution in [3.63, 3.8) is 0 Å². The molecule has 0 unspecified atom stereocenters. The first-order valence-corrected chi connectivity index (χ1v) is 25.1. The van der Waals surface area contributed by atoms with Crippen LogP contribution < -0.4 is 25.5 Å². The number of nitrogens with zero attached hydrogens (tertiary/aromatic N) is 2. The third kappa shape index (κ3) is 6.34. The van der Waals surface area contributed by atoms with Crippen LogP contribution in [0.25, 0.3) is 10.1 Å². The molecule has 4 aliphatic rings. The smallest absolute Gasteiger partial charge is 0.264 e. The fraction of sp³-hybridized carbons (Fsp3) is 0.439. The molecule has 0 atom stereocenters. The van der Waals surface area contributed by atoms with Crippen LogP contribution in [-0.2, 0) is 30.5 Å². The molecule has 0 fully saturated rings. The van der Waals surface area contributed by atoms with E-state index in [0.717, 1.165) is 0 Å². The Morgan fingerprint density at radius 3 is 1.74 bits per heavy atom. The van der Waals surface area contributed by atoms with Gasteiger partial charge in [0.25, 0.3) is 6.71 Å². The van der Waals surface area contributed by atoms with Gasteiger partial charge in [-0.05, 0) is 184 Å². The number of alkyl halides is 1. The molecule has 2 aliphatic heterocycles. The van der Waals surface area contributed by atoms with Gasteiger partial charge in [-0.2, -0.15) is 0 Å². The Bertz CT molecular complexity index is 2880. The van der Waals surface area contributed by atoms with E-state index >= 15 is 0 Å². The summed E-state index contributed by atoms with van der Waals surface area (Å²) in [5.41, 5.74) is 22.6. The maximum Gasteiger partial charge on any atom is 0.264 e. The van der Waals surface area contributed by atoms with Crippen LogP contribution in [0.2, 0.25) is 0 Å². The number of rotatable bonds is 3. The summed E-state index contributed by atoms with van der Waals surface area (Å²) in [5.74, 6) is 0. The molecular formula is C57H66BIN2S. The SMILES string of the molecule is Cc1cc2c3c(c1)N(c1ccc4c(c1)C(C)(C)CCC4(C)C)c1c(sc4ccc(C(C)(C)I)cc14)B3c1ccc(C(C)(C)C)cc1N2c1cc2c(cc1C)C(C)(C)CCC2(C)C. The van der Waals surface area contributed by atoms with Crippen LogP contribution in [-0.4, -0.2) is 6.71 Å². The maximum atomic E-state index is 2.70. The van der Waals surface area contributed by atoms with Gasteiger partial charge in [-0.3, -0.25) is 0 Å². The van der Waals surface area contributed by atoms with Gasteiger partial charge in [0, 0.05) is 46.7 Å². The van der Waals surface area contributed by atoms with Gasteiger partial charge in [0.15, 0.2) is 0 Å². The molecule has 2 nitrogen and oxygen atoms in total. The molecule has 0 spiro atoms. The Morgan fingerprint density at radius 1 is 0.565 bits per heavy atom. The summed E-state index contributed by atoms with van der Waals surface area (Å²) < 4.78 is 2.81. The van der Waals surface area contributed by atoms with Crippen molar-refractivity contribution in [3.8, 4) is 0 Å². The van der Waals surface area contributed by atoms with Crippen molar-refractivity contribution < 1.29 is 0 Å². The highest BCUT2D eigenvalue weighted by atomic mass is 127. The van der Waals surface area contributed by atoms with E-state index in [4.69, 9.17) is 0 Å². The van der Waals surface area contributed by atoms with Crippen molar-refractivity contribution in [2.75, 3.05) is 9.80 Å². The molecule has 0 saturated carbocycles. The zero-order valence-electron chi connectivity index (χ0n) is 40.1. The first kappa shape index (κ1) is 42.4. The minimum Gasteiger partial charge on any atom is -0.311 e. The van der Waals surface area contributed by atoms with Gasteiger partial charge in [0.1, 0.15) is 0 Å². The molecule has 0 saturated heterocycles. The van der Waals surface area contributed by atoms with E-state index in [1.165, 1.54) is 130 Å². The monoisotopic (exact) mass is 948 g/mol. The summed E-state index contributed by atoms with van der Waals surface area (Å²) in [4.78, 5) is 5.41. The Labute approximate surface area is 391 Å². The fourth-order valence-electron chi connectivity index (χ4n) is 11.6. The second-order valence-corrected chi connectivity index (χ2v) is 27.6. The summed E-state index contributed by atoms with van der Waals surface area (Å²) in [6, 6.07) is 32.5. The number of hydrogen-bond acceptors (Lipinski definition) is 3. The lowest BCUT2D eigenvalue weighted by Crippen LogP contribution is -2.60. The lowest BCUT2D eigenvalue weighted by molar-refractivity contribution is 0.332. The average molecular weight is 949 g/mol. The van der Waals surface area contributed by atoms with Crippen LogP contribution in [0.15, 0.2) is 78.9 Å². The average Bonchev–Trinajstić information content (AvgIpc) is 3.56. The van der Waals surface area contributed by atoms with Crippen LogP contribution in [0.4, 0.5) is 34.1 Å². The topological polar surface area (TPSA) is 6.48 Å².